The molecular formula is C17H12ClNO3S. The number of carbonyl (C=O) groups excluding carboxylic acids is 2. The fourth-order valence-corrected chi connectivity index (χ4v) is 2.88. The summed E-state index contributed by atoms with van der Waals surface area (Å²) >= 11 is 6.98. The van der Waals surface area contributed by atoms with E-state index >= 15 is 0 Å². The second-order valence-electron chi connectivity index (χ2n) is 4.80. The lowest BCUT2D eigenvalue weighted by molar-refractivity contribution is -0.115. The molecule has 0 radical (unpaired) electrons. The standard InChI is InChI=1S/C17H12ClNO3S/c18-14-4-2-1-3-12(14)10-22-13-7-5-11(6-8-13)9-15-16(20)19-17(21)23-15/h1-9H,10H2,(H,19,20,21)/b15-9+. The summed E-state index contributed by atoms with van der Waals surface area (Å²) in [5.74, 6) is 0.339. The maximum atomic E-state index is 11.5. The van der Waals surface area contributed by atoms with Crippen molar-refractivity contribution in [2.45, 2.75) is 6.61 Å². The monoisotopic (exact) mass is 345 g/mol. The first-order chi connectivity index (χ1) is 11.1. The molecule has 2 amide bonds. The van der Waals surface area contributed by atoms with E-state index in [4.69, 9.17) is 16.3 Å². The Morgan fingerprint density at radius 1 is 1.09 bits per heavy atom. The van der Waals surface area contributed by atoms with Gasteiger partial charge in [-0.2, -0.15) is 0 Å². The van der Waals surface area contributed by atoms with Gasteiger partial charge in [-0.05, 0) is 41.6 Å². The average Bonchev–Trinajstić information content (AvgIpc) is 2.85. The minimum absolute atomic E-state index is 0.346. The van der Waals surface area contributed by atoms with Crippen LogP contribution in [0.2, 0.25) is 5.02 Å². The minimum atomic E-state index is -0.362. The second-order valence-corrected chi connectivity index (χ2v) is 6.22. The second kappa shape index (κ2) is 6.89. The summed E-state index contributed by atoms with van der Waals surface area (Å²) < 4.78 is 5.69. The van der Waals surface area contributed by atoms with E-state index in [1.165, 1.54) is 0 Å². The highest BCUT2D eigenvalue weighted by Gasteiger charge is 2.24. The number of rotatable bonds is 4. The topological polar surface area (TPSA) is 55.4 Å². The lowest BCUT2D eigenvalue weighted by atomic mass is 10.2. The van der Waals surface area contributed by atoms with Gasteiger partial charge in [0.15, 0.2) is 0 Å². The normalized spacial score (nSPS) is 15.8. The van der Waals surface area contributed by atoms with Crippen molar-refractivity contribution in [3.8, 4) is 5.75 Å². The average molecular weight is 346 g/mol. The molecule has 0 bridgehead atoms. The molecule has 23 heavy (non-hydrogen) atoms. The van der Waals surface area contributed by atoms with Crippen LogP contribution in [0.15, 0.2) is 53.4 Å². The summed E-state index contributed by atoms with van der Waals surface area (Å²) in [7, 11) is 0. The smallest absolute Gasteiger partial charge is 0.290 e. The van der Waals surface area contributed by atoms with Gasteiger partial charge in [0.1, 0.15) is 12.4 Å². The molecule has 0 aliphatic carbocycles. The summed E-state index contributed by atoms with van der Waals surface area (Å²) in [4.78, 5) is 23.0. The van der Waals surface area contributed by atoms with E-state index in [9.17, 15) is 9.59 Å². The molecule has 1 fully saturated rings. The van der Waals surface area contributed by atoms with Crippen molar-refractivity contribution in [1.82, 2.24) is 5.32 Å². The van der Waals surface area contributed by atoms with E-state index in [-0.39, 0.29) is 11.1 Å². The first kappa shape index (κ1) is 15.6. The Hall–Kier alpha value is -2.24. The number of amides is 2. The maximum Gasteiger partial charge on any atom is 0.290 e. The summed E-state index contributed by atoms with van der Waals surface area (Å²) in [6, 6.07) is 14.8. The van der Waals surface area contributed by atoms with Gasteiger partial charge in [0.05, 0.1) is 4.91 Å². The van der Waals surface area contributed by atoms with Gasteiger partial charge in [-0.3, -0.25) is 14.9 Å². The highest BCUT2D eigenvalue weighted by atomic mass is 35.5. The Kier molecular flexibility index (Phi) is 4.69. The molecule has 1 saturated heterocycles. The molecule has 0 spiro atoms. The fourth-order valence-electron chi connectivity index (χ4n) is 2.01. The molecule has 0 aromatic heterocycles. The molecular weight excluding hydrogens is 334 g/mol. The van der Waals surface area contributed by atoms with Crippen molar-refractivity contribution in [3.63, 3.8) is 0 Å². The molecule has 1 aliphatic rings. The molecule has 4 nitrogen and oxygen atoms in total. The molecule has 1 heterocycles. The third-order valence-corrected chi connectivity index (χ3v) is 4.35. The van der Waals surface area contributed by atoms with Gasteiger partial charge < -0.3 is 4.74 Å². The van der Waals surface area contributed by atoms with E-state index in [0.29, 0.717) is 22.3 Å². The van der Waals surface area contributed by atoms with Crippen molar-refractivity contribution in [3.05, 3.63) is 69.6 Å². The predicted molar refractivity (Wildman–Crippen MR) is 91.3 cm³/mol. The minimum Gasteiger partial charge on any atom is -0.489 e. The molecule has 6 heteroatoms. The molecule has 0 unspecified atom stereocenters. The Morgan fingerprint density at radius 3 is 2.48 bits per heavy atom. The van der Waals surface area contributed by atoms with Crippen LogP contribution in [0.1, 0.15) is 11.1 Å². The Balaban J connectivity index is 1.66. The molecule has 2 aromatic carbocycles. The molecule has 0 saturated carbocycles. The number of thioether (sulfide) groups is 1. The SMILES string of the molecule is O=C1NC(=O)/C(=C\c2ccc(OCc3ccccc3Cl)cc2)S1. The molecule has 1 aliphatic heterocycles. The maximum absolute atomic E-state index is 11.5. The Bertz CT molecular complexity index is 787. The zero-order chi connectivity index (χ0) is 16.2. The third-order valence-electron chi connectivity index (χ3n) is 3.17. The number of hydrogen-bond donors (Lipinski definition) is 1. The number of benzene rings is 2. The number of imide groups is 1. The van der Waals surface area contributed by atoms with Crippen LogP contribution in [0.3, 0.4) is 0 Å². The van der Waals surface area contributed by atoms with Gasteiger partial charge in [-0.1, -0.05) is 41.9 Å². The van der Waals surface area contributed by atoms with Gasteiger partial charge in [0, 0.05) is 10.6 Å². The summed E-state index contributed by atoms with van der Waals surface area (Å²) in [6.45, 7) is 0.382. The Labute approximate surface area is 142 Å². The molecule has 0 atom stereocenters. The number of nitrogens with one attached hydrogen (secondary N) is 1. The van der Waals surface area contributed by atoms with Crippen LogP contribution in [0, 0.1) is 0 Å². The van der Waals surface area contributed by atoms with Crippen LogP contribution in [-0.4, -0.2) is 11.1 Å². The van der Waals surface area contributed by atoms with Crippen molar-refractivity contribution in [1.29, 1.82) is 0 Å². The van der Waals surface area contributed by atoms with Crippen LogP contribution < -0.4 is 10.1 Å². The van der Waals surface area contributed by atoms with Crippen LogP contribution in [0.4, 0.5) is 4.79 Å². The van der Waals surface area contributed by atoms with Crippen LogP contribution in [-0.2, 0) is 11.4 Å². The summed E-state index contributed by atoms with van der Waals surface area (Å²) in [6.07, 6.45) is 1.67. The van der Waals surface area contributed by atoms with Crippen molar-refractivity contribution in [2.24, 2.45) is 0 Å². The van der Waals surface area contributed by atoms with E-state index in [0.717, 1.165) is 22.9 Å². The summed E-state index contributed by atoms with van der Waals surface area (Å²) in [5.41, 5.74) is 1.74. The van der Waals surface area contributed by atoms with Gasteiger partial charge >= 0.3 is 0 Å². The van der Waals surface area contributed by atoms with Gasteiger partial charge in [-0.15, -0.1) is 0 Å². The molecule has 116 valence electrons. The fraction of sp³-hybridized carbons (Fsp3) is 0.0588. The van der Waals surface area contributed by atoms with Crippen molar-refractivity contribution < 1.29 is 14.3 Å². The number of ether oxygens (including phenoxy) is 1. The van der Waals surface area contributed by atoms with Crippen LogP contribution in [0.25, 0.3) is 6.08 Å². The first-order valence-electron chi connectivity index (χ1n) is 6.83. The van der Waals surface area contributed by atoms with Gasteiger partial charge in [0.2, 0.25) is 0 Å². The highest BCUT2D eigenvalue weighted by molar-refractivity contribution is 8.18. The zero-order valence-electron chi connectivity index (χ0n) is 11.9. The molecule has 2 aromatic rings. The quantitative estimate of drug-likeness (QED) is 0.842. The lowest BCUT2D eigenvalue weighted by Crippen LogP contribution is -2.17. The molecule has 3 rings (SSSR count). The van der Waals surface area contributed by atoms with E-state index in [2.05, 4.69) is 5.32 Å². The first-order valence-corrected chi connectivity index (χ1v) is 8.02. The van der Waals surface area contributed by atoms with E-state index in [1.807, 2.05) is 48.5 Å². The van der Waals surface area contributed by atoms with E-state index in [1.54, 1.807) is 6.08 Å². The number of hydrogen-bond acceptors (Lipinski definition) is 4. The zero-order valence-corrected chi connectivity index (χ0v) is 13.5. The van der Waals surface area contributed by atoms with Gasteiger partial charge in [-0.25, -0.2) is 0 Å². The van der Waals surface area contributed by atoms with Crippen LogP contribution >= 0.6 is 23.4 Å². The number of carbonyl (C=O) groups is 2. The Morgan fingerprint density at radius 2 is 1.83 bits per heavy atom. The third kappa shape index (κ3) is 3.94. The van der Waals surface area contributed by atoms with E-state index < -0.39 is 0 Å². The van der Waals surface area contributed by atoms with Gasteiger partial charge in [0.25, 0.3) is 11.1 Å². The highest BCUT2D eigenvalue weighted by Crippen LogP contribution is 2.26. The molecule has 1 N–H and O–H groups in total. The number of halogens is 1. The lowest BCUT2D eigenvalue weighted by Gasteiger charge is -2.08. The van der Waals surface area contributed by atoms with Crippen molar-refractivity contribution in [2.75, 3.05) is 0 Å². The summed E-state index contributed by atoms with van der Waals surface area (Å²) in [5, 5.41) is 2.54. The predicted octanol–water partition coefficient (Wildman–Crippen LogP) is 4.24. The van der Waals surface area contributed by atoms with Crippen molar-refractivity contribution >= 4 is 40.6 Å². The largest absolute Gasteiger partial charge is 0.489 e. The van der Waals surface area contributed by atoms with Crippen LogP contribution in [0.5, 0.6) is 5.75 Å².